The summed E-state index contributed by atoms with van der Waals surface area (Å²) in [6, 6.07) is 1.65. The Balaban J connectivity index is 2.50. The van der Waals surface area contributed by atoms with Crippen molar-refractivity contribution in [2.45, 2.75) is 13.5 Å². The maximum Gasteiger partial charge on any atom is 0.372 e. The summed E-state index contributed by atoms with van der Waals surface area (Å²) in [6.45, 7) is 2.18. The van der Waals surface area contributed by atoms with Crippen molar-refractivity contribution >= 4 is 11.9 Å². The molecule has 1 rings (SSSR count). The molecule has 0 spiro atoms. The number of amides is 1. The van der Waals surface area contributed by atoms with Gasteiger partial charge in [0.25, 0.3) is 0 Å². The Kier molecular flexibility index (Phi) is 4.28. The second-order valence-electron chi connectivity index (χ2n) is 3.92. The highest BCUT2D eigenvalue weighted by Gasteiger charge is 2.14. The van der Waals surface area contributed by atoms with E-state index in [-0.39, 0.29) is 18.2 Å². The largest absolute Gasteiger partial charge is 0.475 e. The molecule has 0 atom stereocenters. The summed E-state index contributed by atoms with van der Waals surface area (Å²) in [5, 5.41) is 11.7. The average Bonchev–Trinajstić information content (AvgIpc) is 2.59. The third-order valence-electron chi connectivity index (χ3n) is 2.24. The third kappa shape index (κ3) is 3.60. The predicted molar refractivity (Wildman–Crippen MR) is 60.8 cm³/mol. The number of aryl methyl sites for hydroxylation is 1. The van der Waals surface area contributed by atoms with E-state index in [1.54, 1.807) is 27.1 Å². The van der Waals surface area contributed by atoms with E-state index in [0.717, 1.165) is 0 Å². The molecule has 0 saturated carbocycles. The Hall–Kier alpha value is -1.82. The zero-order valence-electron chi connectivity index (χ0n) is 10.1. The summed E-state index contributed by atoms with van der Waals surface area (Å²) in [4.78, 5) is 23.5. The van der Waals surface area contributed by atoms with Gasteiger partial charge in [0.1, 0.15) is 5.76 Å². The number of aromatic carboxylic acids is 1. The van der Waals surface area contributed by atoms with Gasteiger partial charge in [-0.15, -0.1) is 0 Å². The number of carboxylic acid groups (broad SMARTS) is 1. The van der Waals surface area contributed by atoms with Gasteiger partial charge >= 0.3 is 5.97 Å². The van der Waals surface area contributed by atoms with Crippen LogP contribution < -0.4 is 5.32 Å². The van der Waals surface area contributed by atoms with E-state index in [4.69, 9.17) is 9.52 Å². The quantitative estimate of drug-likeness (QED) is 0.781. The van der Waals surface area contributed by atoms with E-state index >= 15 is 0 Å². The minimum Gasteiger partial charge on any atom is -0.475 e. The van der Waals surface area contributed by atoms with Crippen LogP contribution in [0, 0.1) is 6.92 Å². The molecule has 0 aliphatic carbocycles. The number of hydrogen-bond acceptors (Lipinski definition) is 4. The van der Waals surface area contributed by atoms with Gasteiger partial charge in [-0.2, -0.15) is 0 Å². The number of furan rings is 1. The van der Waals surface area contributed by atoms with E-state index in [0.29, 0.717) is 17.9 Å². The summed E-state index contributed by atoms with van der Waals surface area (Å²) in [7, 11) is 3.34. The molecule has 94 valence electrons. The van der Waals surface area contributed by atoms with Gasteiger partial charge in [-0.3, -0.25) is 4.79 Å². The van der Waals surface area contributed by atoms with Crippen LogP contribution in [0.1, 0.15) is 21.9 Å². The van der Waals surface area contributed by atoms with Crippen LogP contribution in [0.4, 0.5) is 0 Å². The van der Waals surface area contributed by atoms with Crippen molar-refractivity contribution in [2.75, 3.05) is 20.6 Å². The predicted octanol–water partition coefficient (Wildman–Crippen LogP) is 0.464. The molecule has 17 heavy (non-hydrogen) atoms. The van der Waals surface area contributed by atoms with Gasteiger partial charge in [0.2, 0.25) is 11.7 Å². The van der Waals surface area contributed by atoms with E-state index in [1.165, 1.54) is 4.90 Å². The summed E-state index contributed by atoms with van der Waals surface area (Å²) >= 11 is 0. The first-order valence-electron chi connectivity index (χ1n) is 5.15. The normalized spacial score (nSPS) is 10.3. The number of nitrogens with one attached hydrogen (secondary N) is 1. The maximum absolute atomic E-state index is 11.3. The van der Waals surface area contributed by atoms with Crippen LogP contribution in [-0.2, 0) is 11.3 Å². The van der Waals surface area contributed by atoms with Crippen molar-refractivity contribution in [3.05, 3.63) is 23.2 Å². The van der Waals surface area contributed by atoms with Crippen LogP contribution in [-0.4, -0.2) is 42.5 Å². The van der Waals surface area contributed by atoms with Crippen molar-refractivity contribution in [2.24, 2.45) is 0 Å². The first-order valence-corrected chi connectivity index (χ1v) is 5.15. The van der Waals surface area contributed by atoms with E-state index in [1.807, 2.05) is 0 Å². The zero-order chi connectivity index (χ0) is 13.0. The topological polar surface area (TPSA) is 82.8 Å². The molecule has 0 fully saturated rings. The summed E-state index contributed by atoms with van der Waals surface area (Å²) in [6.07, 6.45) is 0. The molecule has 1 aromatic rings. The molecule has 6 heteroatoms. The van der Waals surface area contributed by atoms with Crippen molar-refractivity contribution < 1.29 is 19.1 Å². The number of carbonyl (C=O) groups is 2. The van der Waals surface area contributed by atoms with Gasteiger partial charge in [0, 0.05) is 19.7 Å². The van der Waals surface area contributed by atoms with Crippen LogP contribution >= 0.6 is 0 Å². The molecule has 1 amide bonds. The number of likely N-dealkylation sites (N-methyl/N-ethyl adjacent to an activating group) is 1. The lowest BCUT2D eigenvalue weighted by atomic mass is 10.2. The number of carboxylic acids is 1. The van der Waals surface area contributed by atoms with Gasteiger partial charge < -0.3 is 19.7 Å². The number of nitrogens with zero attached hydrogens (tertiary/aromatic N) is 1. The molecular weight excluding hydrogens is 224 g/mol. The Morgan fingerprint density at radius 3 is 2.59 bits per heavy atom. The van der Waals surface area contributed by atoms with Gasteiger partial charge in [-0.1, -0.05) is 0 Å². The first kappa shape index (κ1) is 13.2. The highest BCUT2D eigenvalue weighted by Crippen LogP contribution is 2.14. The Labute approximate surface area is 99.2 Å². The van der Waals surface area contributed by atoms with Crippen molar-refractivity contribution in [3.8, 4) is 0 Å². The first-order chi connectivity index (χ1) is 7.91. The molecule has 0 aromatic carbocycles. The molecule has 0 aliphatic rings. The molecule has 1 heterocycles. The minimum atomic E-state index is -1.09. The Bertz CT molecular complexity index is 423. The van der Waals surface area contributed by atoms with Gasteiger partial charge in [-0.05, 0) is 13.0 Å². The molecule has 0 unspecified atom stereocenters. The van der Waals surface area contributed by atoms with Gasteiger partial charge in [0.15, 0.2) is 0 Å². The van der Waals surface area contributed by atoms with Gasteiger partial charge in [-0.25, -0.2) is 4.79 Å². The Morgan fingerprint density at radius 1 is 1.47 bits per heavy atom. The number of rotatable bonds is 5. The molecule has 0 saturated heterocycles. The third-order valence-corrected chi connectivity index (χ3v) is 2.24. The fourth-order valence-electron chi connectivity index (χ4n) is 1.30. The SMILES string of the molecule is Cc1cc(CNCC(=O)N(C)C)oc1C(=O)O. The lowest BCUT2D eigenvalue weighted by molar-refractivity contribution is -0.127. The summed E-state index contributed by atoms with van der Waals surface area (Å²) in [5.41, 5.74) is 0.577. The van der Waals surface area contributed by atoms with Gasteiger partial charge in [0.05, 0.1) is 13.1 Å². The molecule has 1 aromatic heterocycles. The summed E-state index contributed by atoms with van der Waals surface area (Å²) in [5.74, 6) is -0.683. The van der Waals surface area contributed by atoms with E-state index in [9.17, 15) is 9.59 Å². The maximum atomic E-state index is 11.3. The fourth-order valence-corrected chi connectivity index (χ4v) is 1.30. The van der Waals surface area contributed by atoms with Crippen LogP contribution in [0.25, 0.3) is 0 Å². The van der Waals surface area contributed by atoms with E-state index in [2.05, 4.69) is 5.32 Å². The second-order valence-corrected chi connectivity index (χ2v) is 3.92. The van der Waals surface area contributed by atoms with Crippen LogP contribution in [0.15, 0.2) is 10.5 Å². The lowest BCUT2D eigenvalue weighted by Gasteiger charge is -2.09. The lowest BCUT2D eigenvalue weighted by Crippen LogP contribution is -2.32. The van der Waals surface area contributed by atoms with Crippen LogP contribution in [0.3, 0.4) is 0 Å². The summed E-state index contributed by atoms with van der Waals surface area (Å²) < 4.78 is 5.13. The minimum absolute atomic E-state index is 0.0493. The zero-order valence-corrected chi connectivity index (χ0v) is 10.1. The van der Waals surface area contributed by atoms with Crippen molar-refractivity contribution in [1.29, 1.82) is 0 Å². The molecule has 2 N–H and O–H groups in total. The van der Waals surface area contributed by atoms with E-state index < -0.39 is 5.97 Å². The molecule has 6 nitrogen and oxygen atoms in total. The average molecular weight is 240 g/mol. The fraction of sp³-hybridized carbons (Fsp3) is 0.455. The van der Waals surface area contributed by atoms with Crippen molar-refractivity contribution in [3.63, 3.8) is 0 Å². The van der Waals surface area contributed by atoms with Crippen LogP contribution in [0.2, 0.25) is 0 Å². The standard InChI is InChI=1S/C11H16N2O4/c1-7-4-8(17-10(7)11(15)16)5-12-6-9(14)13(2)3/h4,12H,5-6H2,1-3H3,(H,15,16). The highest BCUT2D eigenvalue weighted by atomic mass is 16.4. The second kappa shape index (κ2) is 5.49. The van der Waals surface area contributed by atoms with Crippen LogP contribution in [0.5, 0.6) is 0 Å². The molecular formula is C11H16N2O4. The molecule has 0 aliphatic heterocycles. The highest BCUT2D eigenvalue weighted by molar-refractivity contribution is 5.86. The molecule has 0 radical (unpaired) electrons. The Morgan fingerprint density at radius 2 is 2.12 bits per heavy atom. The number of carbonyl (C=O) groups excluding carboxylic acids is 1. The molecule has 0 bridgehead atoms. The number of hydrogen-bond donors (Lipinski definition) is 2. The van der Waals surface area contributed by atoms with Crippen molar-refractivity contribution in [1.82, 2.24) is 10.2 Å². The smallest absolute Gasteiger partial charge is 0.372 e. The monoisotopic (exact) mass is 240 g/mol.